The molecule has 1 aromatic carbocycles. The normalized spacial score (nSPS) is 17.6. The highest BCUT2D eigenvalue weighted by Gasteiger charge is 2.20. The van der Waals surface area contributed by atoms with Gasteiger partial charge in [-0.15, -0.1) is 0 Å². The Morgan fingerprint density at radius 1 is 1.19 bits per heavy atom. The van der Waals surface area contributed by atoms with E-state index in [0.717, 1.165) is 36.4 Å². The van der Waals surface area contributed by atoms with Crippen molar-refractivity contribution in [3.8, 4) is 0 Å². The van der Waals surface area contributed by atoms with Crippen molar-refractivity contribution < 1.29 is 4.74 Å². The molecule has 3 heterocycles. The Kier molecular flexibility index (Phi) is 3.09. The SMILES string of the molecule is c1ccc2c(c1)CCO[C@@H]2CNc1ccc2cc[nH]c2n1. The zero-order chi connectivity index (χ0) is 14.1. The van der Waals surface area contributed by atoms with Crippen LogP contribution in [-0.4, -0.2) is 23.1 Å². The van der Waals surface area contributed by atoms with Gasteiger partial charge in [-0.25, -0.2) is 4.98 Å². The van der Waals surface area contributed by atoms with Crippen LogP contribution in [0.2, 0.25) is 0 Å². The standard InChI is InChI=1S/C17H17N3O/c1-2-4-14-12(3-1)8-10-21-15(14)11-19-16-6-5-13-7-9-18-17(13)20-16/h1-7,9,15H,8,10-11H2,(H2,18,19,20)/t15-/m1/s1. The summed E-state index contributed by atoms with van der Waals surface area (Å²) in [6, 6.07) is 14.6. The van der Waals surface area contributed by atoms with Crippen molar-refractivity contribution in [1.29, 1.82) is 0 Å². The Morgan fingerprint density at radius 2 is 2.14 bits per heavy atom. The molecular formula is C17H17N3O. The number of hydrogen-bond acceptors (Lipinski definition) is 3. The van der Waals surface area contributed by atoms with Gasteiger partial charge in [-0.05, 0) is 35.7 Å². The highest BCUT2D eigenvalue weighted by Crippen LogP contribution is 2.27. The fourth-order valence-electron chi connectivity index (χ4n) is 2.87. The predicted octanol–water partition coefficient (Wildman–Crippen LogP) is 3.29. The summed E-state index contributed by atoms with van der Waals surface area (Å²) in [5.41, 5.74) is 3.59. The van der Waals surface area contributed by atoms with E-state index in [1.807, 2.05) is 18.3 Å². The van der Waals surface area contributed by atoms with E-state index in [-0.39, 0.29) is 6.10 Å². The summed E-state index contributed by atoms with van der Waals surface area (Å²) < 4.78 is 5.90. The van der Waals surface area contributed by atoms with E-state index in [9.17, 15) is 0 Å². The third kappa shape index (κ3) is 2.38. The van der Waals surface area contributed by atoms with Crippen molar-refractivity contribution in [2.45, 2.75) is 12.5 Å². The summed E-state index contributed by atoms with van der Waals surface area (Å²) in [5, 5.41) is 4.51. The molecule has 2 N–H and O–H groups in total. The third-order valence-corrected chi connectivity index (χ3v) is 3.97. The van der Waals surface area contributed by atoms with Crippen LogP contribution in [0.4, 0.5) is 5.82 Å². The summed E-state index contributed by atoms with van der Waals surface area (Å²) in [7, 11) is 0. The van der Waals surface area contributed by atoms with Crippen LogP contribution >= 0.6 is 0 Å². The molecule has 106 valence electrons. The number of anilines is 1. The third-order valence-electron chi connectivity index (χ3n) is 3.97. The Bertz CT molecular complexity index is 765. The highest BCUT2D eigenvalue weighted by atomic mass is 16.5. The molecular weight excluding hydrogens is 262 g/mol. The van der Waals surface area contributed by atoms with Crippen LogP contribution in [0.25, 0.3) is 11.0 Å². The van der Waals surface area contributed by atoms with E-state index in [1.54, 1.807) is 0 Å². The number of H-pyrrole nitrogens is 1. The summed E-state index contributed by atoms with van der Waals surface area (Å²) in [4.78, 5) is 7.68. The number of nitrogens with zero attached hydrogens (tertiary/aromatic N) is 1. The first kappa shape index (κ1) is 12.4. The number of fused-ring (bicyclic) bond motifs is 2. The fraction of sp³-hybridized carbons (Fsp3) is 0.235. The van der Waals surface area contributed by atoms with E-state index in [1.165, 1.54) is 11.1 Å². The molecule has 1 atom stereocenters. The van der Waals surface area contributed by atoms with Gasteiger partial charge in [0.2, 0.25) is 0 Å². The minimum atomic E-state index is 0.0936. The van der Waals surface area contributed by atoms with Gasteiger partial charge in [0, 0.05) is 18.1 Å². The van der Waals surface area contributed by atoms with Gasteiger partial charge < -0.3 is 15.0 Å². The Labute approximate surface area is 123 Å². The van der Waals surface area contributed by atoms with E-state index in [2.05, 4.69) is 45.6 Å². The number of nitrogens with one attached hydrogen (secondary N) is 2. The number of aromatic nitrogens is 2. The minimum absolute atomic E-state index is 0.0936. The summed E-state index contributed by atoms with van der Waals surface area (Å²) in [5.74, 6) is 0.872. The van der Waals surface area contributed by atoms with Crippen LogP contribution in [0.5, 0.6) is 0 Å². The lowest BCUT2D eigenvalue weighted by Crippen LogP contribution is -2.23. The van der Waals surface area contributed by atoms with Gasteiger partial charge in [-0.2, -0.15) is 0 Å². The van der Waals surface area contributed by atoms with Crippen molar-refractivity contribution in [3.63, 3.8) is 0 Å². The van der Waals surface area contributed by atoms with Crippen LogP contribution in [0.1, 0.15) is 17.2 Å². The van der Waals surface area contributed by atoms with Crippen LogP contribution in [0.15, 0.2) is 48.7 Å². The molecule has 0 unspecified atom stereocenters. The van der Waals surface area contributed by atoms with Gasteiger partial charge >= 0.3 is 0 Å². The molecule has 0 radical (unpaired) electrons. The van der Waals surface area contributed by atoms with Crippen LogP contribution < -0.4 is 5.32 Å². The molecule has 21 heavy (non-hydrogen) atoms. The first-order chi connectivity index (χ1) is 10.4. The van der Waals surface area contributed by atoms with E-state index in [0.29, 0.717) is 0 Å². The number of rotatable bonds is 3. The molecule has 4 rings (SSSR count). The van der Waals surface area contributed by atoms with Gasteiger partial charge in [-0.1, -0.05) is 24.3 Å². The molecule has 4 heteroatoms. The lowest BCUT2D eigenvalue weighted by atomic mass is 9.97. The first-order valence-corrected chi connectivity index (χ1v) is 7.27. The molecule has 0 amide bonds. The molecule has 0 aliphatic carbocycles. The largest absolute Gasteiger partial charge is 0.371 e. The van der Waals surface area contributed by atoms with Gasteiger partial charge in [0.05, 0.1) is 12.7 Å². The average molecular weight is 279 g/mol. The number of benzene rings is 1. The van der Waals surface area contributed by atoms with Crippen LogP contribution in [-0.2, 0) is 11.2 Å². The Morgan fingerprint density at radius 3 is 3.14 bits per heavy atom. The molecule has 0 saturated heterocycles. The number of hydrogen-bond donors (Lipinski definition) is 2. The van der Waals surface area contributed by atoms with Crippen LogP contribution in [0, 0.1) is 0 Å². The smallest absolute Gasteiger partial charge is 0.139 e. The highest BCUT2D eigenvalue weighted by molar-refractivity contribution is 5.77. The van der Waals surface area contributed by atoms with E-state index >= 15 is 0 Å². The van der Waals surface area contributed by atoms with Gasteiger partial charge in [-0.3, -0.25) is 0 Å². The molecule has 2 aromatic heterocycles. The van der Waals surface area contributed by atoms with Gasteiger partial charge in [0.15, 0.2) is 0 Å². The second-order valence-corrected chi connectivity index (χ2v) is 5.30. The molecule has 0 saturated carbocycles. The lowest BCUT2D eigenvalue weighted by molar-refractivity contribution is 0.0513. The number of ether oxygens (including phenoxy) is 1. The molecule has 1 aliphatic rings. The molecule has 0 spiro atoms. The maximum absolute atomic E-state index is 5.90. The monoisotopic (exact) mass is 279 g/mol. The first-order valence-electron chi connectivity index (χ1n) is 7.27. The fourth-order valence-corrected chi connectivity index (χ4v) is 2.87. The van der Waals surface area contributed by atoms with E-state index < -0.39 is 0 Å². The van der Waals surface area contributed by atoms with Crippen LogP contribution in [0.3, 0.4) is 0 Å². The maximum Gasteiger partial charge on any atom is 0.139 e. The van der Waals surface area contributed by atoms with E-state index in [4.69, 9.17) is 4.74 Å². The average Bonchev–Trinajstić information content (AvgIpc) is 3.00. The molecule has 0 bridgehead atoms. The number of aromatic amines is 1. The topological polar surface area (TPSA) is 49.9 Å². The van der Waals surface area contributed by atoms with Gasteiger partial charge in [0.1, 0.15) is 11.5 Å². The predicted molar refractivity (Wildman–Crippen MR) is 83.4 cm³/mol. The zero-order valence-corrected chi connectivity index (χ0v) is 11.7. The summed E-state index contributed by atoms with van der Waals surface area (Å²) in [6.07, 6.45) is 3.00. The van der Waals surface area contributed by atoms with Crippen molar-refractivity contribution in [1.82, 2.24) is 9.97 Å². The Balaban J connectivity index is 1.52. The zero-order valence-electron chi connectivity index (χ0n) is 11.7. The summed E-state index contributed by atoms with van der Waals surface area (Å²) >= 11 is 0. The molecule has 3 aromatic rings. The van der Waals surface area contributed by atoms with Crippen molar-refractivity contribution in [3.05, 3.63) is 59.8 Å². The quantitative estimate of drug-likeness (QED) is 0.773. The van der Waals surface area contributed by atoms with Crippen molar-refractivity contribution >= 4 is 16.9 Å². The lowest BCUT2D eigenvalue weighted by Gasteiger charge is -2.26. The maximum atomic E-state index is 5.90. The van der Waals surface area contributed by atoms with Crippen molar-refractivity contribution in [2.24, 2.45) is 0 Å². The minimum Gasteiger partial charge on any atom is -0.371 e. The molecule has 4 nitrogen and oxygen atoms in total. The summed E-state index contributed by atoms with van der Waals surface area (Å²) in [6.45, 7) is 1.52. The second-order valence-electron chi connectivity index (χ2n) is 5.30. The number of pyridine rings is 1. The molecule has 1 aliphatic heterocycles. The Hall–Kier alpha value is -2.33. The molecule has 0 fully saturated rings. The second kappa shape index (κ2) is 5.22. The van der Waals surface area contributed by atoms with Gasteiger partial charge in [0.25, 0.3) is 0 Å². The van der Waals surface area contributed by atoms with Crippen molar-refractivity contribution in [2.75, 3.05) is 18.5 Å².